The fourth-order valence-corrected chi connectivity index (χ4v) is 3.84. The fourth-order valence-electron chi connectivity index (χ4n) is 3.84. The third-order valence-corrected chi connectivity index (χ3v) is 5.68. The zero-order valence-electron chi connectivity index (χ0n) is 13.6. The Kier molecular flexibility index (Phi) is 4.53. The van der Waals surface area contributed by atoms with Crippen LogP contribution < -0.4 is 11.1 Å². The summed E-state index contributed by atoms with van der Waals surface area (Å²) in [6.07, 6.45) is 6.63. The number of amides is 1. The quantitative estimate of drug-likeness (QED) is 0.877. The van der Waals surface area contributed by atoms with Gasteiger partial charge in [0.1, 0.15) is 0 Å². The van der Waals surface area contributed by atoms with E-state index < -0.39 is 0 Å². The maximum absolute atomic E-state index is 12.6. The molecule has 3 N–H and O–H groups in total. The molecule has 2 aliphatic rings. The molecular weight excluding hydrogens is 272 g/mol. The molecule has 3 heteroatoms. The van der Waals surface area contributed by atoms with Crippen molar-refractivity contribution in [1.29, 1.82) is 0 Å². The zero-order valence-corrected chi connectivity index (χ0v) is 13.6. The SMILES string of the molecule is CC(CN)(NC(=O)C1CCC(c2ccccc2)CC1)C1CC1. The minimum atomic E-state index is -0.187. The van der Waals surface area contributed by atoms with Gasteiger partial charge < -0.3 is 11.1 Å². The van der Waals surface area contributed by atoms with E-state index >= 15 is 0 Å². The minimum absolute atomic E-state index is 0.171. The molecule has 1 unspecified atom stereocenters. The first-order chi connectivity index (χ1) is 10.6. The standard InChI is InChI=1S/C19H28N2O/c1-19(13-20,17-11-12-17)21-18(22)16-9-7-15(8-10-16)14-5-3-2-4-6-14/h2-6,15-17H,7-13,20H2,1H3,(H,21,22). The highest BCUT2D eigenvalue weighted by Gasteiger charge is 2.42. The van der Waals surface area contributed by atoms with Crippen LogP contribution in [0.5, 0.6) is 0 Å². The summed E-state index contributed by atoms with van der Waals surface area (Å²) in [5.74, 6) is 1.60. The molecule has 2 aliphatic carbocycles. The summed E-state index contributed by atoms with van der Waals surface area (Å²) in [6, 6.07) is 10.7. The topological polar surface area (TPSA) is 55.1 Å². The normalized spacial score (nSPS) is 27.9. The molecule has 0 aliphatic heterocycles. The Hall–Kier alpha value is -1.35. The van der Waals surface area contributed by atoms with Gasteiger partial charge in [0.2, 0.25) is 5.91 Å². The highest BCUT2D eigenvalue weighted by atomic mass is 16.2. The predicted molar refractivity (Wildman–Crippen MR) is 89.5 cm³/mol. The Labute approximate surface area is 133 Å². The third kappa shape index (κ3) is 3.35. The van der Waals surface area contributed by atoms with Crippen LogP contribution in [0, 0.1) is 11.8 Å². The Balaban J connectivity index is 1.54. The molecule has 0 spiro atoms. The van der Waals surface area contributed by atoms with Gasteiger partial charge in [-0.2, -0.15) is 0 Å². The number of carbonyl (C=O) groups excluding carboxylic acids is 1. The van der Waals surface area contributed by atoms with Gasteiger partial charge in [-0.15, -0.1) is 0 Å². The minimum Gasteiger partial charge on any atom is -0.349 e. The van der Waals surface area contributed by atoms with Crippen LogP contribution >= 0.6 is 0 Å². The van der Waals surface area contributed by atoms with E-state index in [0.29, 0.717) is 18.4 Å². The van der Waals surface area contributed by atoms with E-state index in [0.717, 1.165) is 25.7 Å². The van der Waals surface area contributed by atoms with Crippen LogP contribution in [0.15, 0.2) is 30.3 Å². The van der Waals surface area contributed by atoms with Gasteiger partial charge in [-0.25, -0.2) is 0 Å². The van der Waals surface area contributed by atoms with E-state index in [-0.39, 0.29) is 17.4 Å². The van der Waals surface area contributed by atoms with Crippen molar-refractivity contribution in [2.24, 2.45) is 17.6 Å². The Morgan fingerprint density at radius 3 is 2.32 bits per heavy atom. The maximum atomic E-state index is 12.6. The summed E-state index contributed by atoms with van der Waals surface area (Å²) < 4.78 is 0. The molecular formula is C19H28N2O. The molecule has 0 aromatic heterocycles. The number of benzene rings is 1. The summed E-state index contributed by atoms with van der Waals surface area (Å²) in [5.41, 5.74) is 7.14. The van der Waals surface area contributed by atoms with E-state index in [1.807, 2.05) is 0 Å². The summed E-state index contributed by atoms with van der Waals surface area (Å²) in [7, 11) is 0. The van der Waals surface area contributed by atoms with Crippen LogP contribution in [0.3, 0.4) is 0 Å². The van der Waals surface area contributed by atoms with Gasteiger partial charge in [0.15, 0.2) is 0 Å². The first-order valence-electron chi connectivity index (χ1n) is 8.69. The van der Waals surface area contributed by atoms with Crippen molar-refractivity contribution in [2.75, 3.05) is 6.54 Å². The Bertz CT molecular complexity index is 503. The van der Waals surface area contributed by atoms with Crippen molar-refractivity contribution in [3.8, 4) is 0 Å². The van der Waals surface area contributed by atoms with E-state index in [1.165, 1.54) is 18.4 Å². The van der Waals surface area contributed by atoms with Crippen LogP contribution in [-0.2, 0) is 4.79 Å². The molecule has 2 fully saturated rings. The molecule has 1 atom stereocenters. The monoisotopic (exact) mass is 300 g/mol. The molecule has 3 nitrogen and oxygen atoms in total. The maximum Gasteiger partial charge on any atom is 0.223 e. The van der Waals surface area contributed by atoms with Gasteiger partial charge in [-0.3, -0.25) is 4.79 Å². The molecule has 3 rings (SSSR count). The lowest BCUT2D eigenvalue weighted by molar-refractivity contribution is -0.128. The number of nitrogens with two attached hydrogens (primary N) is 1. The van der Waals surface area contributed by atoms with Gasteiger partial charge in [0, 0.05) is 12.5 Å². The van der Waals surface area contributed by atoms with Crippen LogP contribution in [-0.4, -0.2) is 18.0 Å². The average Bonchev–Trinajstić information content (AvgIpc) is 3.41. The highest BCUT2D eigenvalue weighted by Crippen LogP contribution is 2.40. The molecule has 1 aromatic rings. The van der Waals surface area contributed by atoms with Crippen LogP contribution in [0.25, 0.3) is 0 Å². The lowest BCUT2D eigenvalue weighted by atomic mass is 9.78. The second-order valence-electron chi connectivity index (χ2n) is 7.34. The summed E-state index contributed by atoms with van der Waals surface area (Å²) in [4.78, 5) is 12.6. The van der Waals surface area contributed by atoms with Crippen LogP contribution in [0.1, 0.15) is 56.9 Å². The molecule has 0 bridgehead atoms. The van der Waals surface area contributed by atoms with Crippen molar-refractivity contribution < 1.29 is 4.79 Å². The number of nitrogens with one attached hydrogen (secondary N) is 1. The second kappa shape index (κ2) is 6.41. The Morgan fingerprint density at radius 1 is 1.14 bits per heavy atom. The smallest absolute Gasteiger partial charge is 0.223 e. The Morgan fingerprint density at radius 2 is 1.77 bits per heavy atom. The van der Waals surface area contributed by atoms with E-state index in [9.17, 15) is 4.79 Å². The zero-order chi connectivity index (χ0) is 15.6. The summed E-state index contributed by atoms with van der Waals surface area (Å²) >= 11 is 0. The molecule has 0 saturated heterocycles. The van der Waals surface area contributed by atoms with Crippen molar-refractivity contribution in [2.45, 2.75) is 56.9 Å². The molecule has 1 amide bonds. The van der Waals surface area contributed by atoms with Gasteiger partial charge in [0.05, 0.1) is 5.54 Å². The molecule has 120 valence electrons. The first kappa shape index (κ1) is 15.5. The molecule has 0 heterocycles. The summed E-state index contributed by atoms with van der Waals surface area (Å²) in [5, 5.41) is 3.27. The second-order valence-corrected chi connectivity index (χ2v) is 7.34. The van der Waals surface area contributed by atoms with E-state index in [1.54, 1.807) is 0 Å². The number of carbonyl (C=O) groups is 1. The van der Waals surface area contributed by atoms with Crippen molar-refractivity contribution >= 4 is 5.91 Å². The first-order valence-corrected chi connectivity index (χ1v) is 8.69. The van der Waals surface area contributed by atoms with Crippen molar-refractivity contribution in [1.82, 2.24) is 5.32 Å². The largest absolute Gasteiger partial charge is 0.349 e. The molecule has 1 aromatic carbocycles. The molecule has 22 heavy (non-hydrogen) atoms. The fraction of sp³-hybridized carbons (Fsp3) is 0.632. The van der Waals surface area contributed by atoms with Gasteiger partial charge >= 0.3 is 0 Å². The number of hydrogen-bond acceptors (Lipinski definition) is 2. The molecule has 2 saturated carbocycles. The van der Waals surface area contributed by atoms with Crippen molar-refractivity contribution in [3.05, 3.63) is 35.9 Å². The average molecular weight is 300 g/mol. The predicted octanol–water partition coefficient (Wildman–Crippen LogP) is 3.20. The van der Waals surface area contributed by atoms with Gasteiger partial charge in [-0.05, 0) is 62.8 Å². The van der Waals surface area contributed by atoms with Crippen LogP contribution in [0.2, 0.25) is 0 Å². The number of rotatable bonds is 5. The highest BCUT2D eigenvalue weighted by molar-refractivity contribution is 5.79. The lowest BCUT2D eigenvalue weighted by Gasteiger charge is -2.34. The van der Waals surface area contributed by atoms with Gasteiger partial charge in [-0.1, -0.05) is 30.3 Å². The lowest BCUT2D eigenvalue weighted by Crippen LogP contribution is -2.54. The van der Waals surface area contributed by atoms with Gasteiger partial charge in [0.25, 0.3) is 0 Å². The van der Waals surface area contributed by atoms with E-state index in [2.05, 4.69) is 42.6 Å². The number of hydrogen-bond donors (Lipinski definition) is 2. The van der Waals surface area contributed by atoms with Crippen molar-refractivity contribution in [3.63, 3.8) is 0 Å². The third-order valence-electron chi connectivity index (χ3n) is 5.68. The van der Waals surface area contributed by atoms with E-state index in [4.69, 9.17) is 5.73 Å². The van der Waals surface area contributed by atoms with Crippen LogP contribution in [0.4, 0.5) is 0 Å². The summed E-state index contributed by atoms with van der Waals surface area (Å²) in [6.45, 7) is 2.65. The molecule has 0 radical (unpaired) electrons.